The summed E-state index contributed by atoms with van der Waals surface area (Å²) in [6, 6.07) is 15.5. The lowest BCUT2D eigenvalue weighted by atomic mass is 10.0. The number of carbonyl (C=O) groups is 1. The molecule has 7 heteroatoms. The van der Waals surface area contributed by atoms with Gasteiger partial charge in [0.1, 0.15) is 24.8 Å². The number of benzene rings is 2. The van der Waals surface area contributed by atoms with Crippen molar-refractivity contribution < 1.29 is 24.5 Å². The van der Waals surface area contributed by atoms with Crippen molar-refractivity contribution in [1.29, 1.82) is 5.26 Å². The number of nitriles is 1. The number of rotatable bonds is 8. The number of aromatic hydroxyl groups is 1. The number of carboxylic acids is 1. The van der Waals surface area contributed by atoms with Gasteiger partial charge in [0.25, 0.3) is 0 Å². The first-order chi connectivity index (χ1) is 14.0. The predicted molar refractivity (Wildman–Crippen MR) is 105 cm³/mol. The van der Waals surface area contributed by atoms with Gasteiger partial charge >= 0.3 is 5.97 Å². The van der Waals surface area contributed by atoms with Crippen LogP contribution in [-0.4, -0.2) is 34.7 Å². The number of aromatic nitrogens is 1. The summed E-state index contributed by atoms with van der Waals surface area (Å²) in [5.41, 5.74) is 2.63. The van der Waals surface area contributed by atoms with E-state index in [1.54, 1.807) is 53.4 Å². The Hall–Kier alpha value is -3.60. The molecule has 0 radical (unpaired) electrons. The second-order valence-electron chi connectivity index (χ2n) is 6.40. The number of methoxy groups -OCH3 is 1. The fourth-order valence-electron chi connectivity index (χ4n) is 3.03. The number of aromatic carboxylic acids is 1. The summed E-state index contributed by atoms with van der Waals surface area (Å²) in [6.45, 7) is 0.0455. The Kier molecular flexibility index (Phi) is 6.29. The smallest absolute Gasteiger partial charge is 0.335 e. The van der Waals surface area contributed by atoms with E-state index in [0.717, 1.165) is 5.56 Å². The molecule has 0 spiro atoms. The summed E-state index contributed by atoms with van der Waals surface area (Å²) >= 11 is 0. The van der Waals surface area contributed by atoms with Gasteiger partial charge in [0.2, 0.25) is 0 Å². The first kappa shape index (κ1) is 20.1. The van der Waals surface area contributed by atoms with Gasteiger partial charge in [0, 0.05) is 37.1 Å². The highest BCUT2D eigenvalue weighted by Gasteiger charge is 2.18. The molecule has 1 unspecified atom stereocenters. The van der Waals surface area contributed by atoms with Crippen LogP contribution in [0.4, 0.5) is 0 Å². The molecule has 0 saturated heterocycles. The number of nitrogens with zero attached hydrogens (tertiary/aromatic N) is 2. The van der Waals surface area contributed by atoms with Gasteiger partial charge in [-0.2, -0.15) is 5.26 Å². The minimum absolute atomic E-state index is 0.0455. The molecule has 3 aromatic rings. The van der Waals surface area contributed by atoms with Gasteiger partial charge in [-0.1, -0.05) is 30.3 Å². The standard InChI is InChI=1S/C22H20N2O5/c1-28-14-29-21(10-15-6-8-16(9-7-15)22(26)27)24-12-17(11-23)19(13-24)18-4-2-3-5-20(18)25/h2-9,12-13,21,25H,10,14H2,1H3,(H,26,27). The van der Waals surface area contributed by atoms with Crippen LogP contribution in [0.2, 0.25) is 0 Å². The molecule has 29 heavy (non-hydrogen) atoms. The van der Waals surface area contributed by atoms with Crippen molar-refractivity contribution in [3.63, 3.8) is 0 Å². The van der Waals surface area contributed by atoms with Crippen LogP contribution in [0.1, 0.15) is 27.7 Å². The SMILES string of the molecule is COCOC(Cc1ccc(C(=O)O)cc1)n1cc(C#N)c(-c2ccccc2O)c1. The minimum Gasteiger partial charge on any atom is -0.507 e. The average Bonchev–Trinajstić information content (AvgIpc) is 3.16. The van der Waals surface area contributed by atoms with Crippen molar-refractivity contribution in [2.45, 2.75) is 12.6 Å². The molecule has 0 amide bonds. The maximum absolute atomic E-state index is 11.0. The van der Waals surface area contributed by atoms with Gasteiger partial charge in [-0.25, -0.2) is 4.79 Å². The highest BCUT2D eigenvalue weighted by atomic mass is 16.7. The molecule has 0 aliphatic rings. The first-order valence-electron chi connectivity index (χ1n) is 8.86. The van der Waals surface area contributed by atoms with E-state index in [2.05, 4.69) is 6.07 Å². The second-order valence-corrected chi connectivity index (χ2v) is 6.40. The van der Waals surface area contributed by atoms with Crippen molar-refractivity contribution in [2.75, 3.05) is 13.9 Å². The summed E-state index contributed by atoms with van der Waals surface area (Å²) in [5.74, 6) is -0.902. The van der Waals surface area contributed by atoms with Crippen molar-refractivity contribution in [3.05, 3.63) is 77.6 Å². The van der Waals surface area contributed by atoms with Crippen molar-refractivity contribution in [1.82, 2.24) is 4.57 Å². The van der Waals surface area contributed by atoms with Gasteiger partial charge in [-0.3, -0.25) is 0 Å². The maximum Gasteiger partial charge on any atom is 0.335 e. The molecule has 0 fully saturated rings. The molecule has 3 rings (SSSR count). The fourth-order valence-corrected chi connectivity index (χ4v) is 3.03. The Balaban J connectivity index is 1.93. The van der Waals surface area contributed by atoms with E-state index >= 15 is 0 Å². The van der Waals surface area contributed by atoms with E-state index in [4.69, 9.17) is 14.6 Å². The number of ether oxygens (including phenoxy) is 2. The Morgan fingerprint density at radius 3 is 2.48 bits per heavy atom. The lowest BCUT2D eigenvalue weighted by Crippen LogP contribution is -2.16. The van der Waals surface area contributed by atoms with E-state index in [-0.39, 0.29) is 18.1 Å². The topological polar surface area (TPSA) is 105 Å². The highest BCUT2D eigenvalue weighted by molar-refractivity contribution is 5.87. The average molecular weight is 392 g/mol. The Morgan fingerprint density at radius 1 is 1.14 bits per heavy atom. The van der Waals surface area contributed by atoms with Crippen LogP contribution in [0, 0.1) is 11.3 Å². The second kappa shape index (κ2) is 9.06. The normalized spacial score (nSPS) is 11.7. The molecule has 0 aliphatic carbocycles. The van der Waals surface area contributed by atoms with E-state index in [9.17, 15) is 15.2 Å². The highest BCUT2D eigenvalue weighted by Crippen LogP contribution is 2.33. The third kappa shape index (κ3) is 4.63. The summed E-state index contributed by atoms with van der Waals surface area (Å²) in [7, 11) is 1.52. The Morgan fingerprint density at radius 2 is 1.86 bits per heavy atom. The molecular formula is C22H20N2O5. The quantitative estimate of drug-likeness (QED) is 0.565. The van der Waals surface area contributed by atoms with Gasteiger partial charge in [-0.15, -0.1) is 0 Å². The largest absolute Gasteiger partial charge is 0.507 e. The fraction of sp³-hybridized carbons (Fsp3) is 0.182. The lowest BCUT2D eigenvalue weighted by Gasteiger charge is -2.19. The predicted octanol–water partition coefficient (Wildman–Crippen LogP) is 3.79. The Labute approximate surface area is 168 Å². The van der Waals surface area contributed by atoms with E-state index in [0.29, 0.717) is 23.1 Å². The zero-order valence-corrected chi connectivity index (χ0v) is 15.8. The number of hydrogen-bond donors (Lipinski definition) is 2. The maximum atomic E-state index is 11.0. The summed E-state index contributed by atoms with van der Waals surface area (Å²) in [4.78, 5) is 11.0. The van der Waals surface area contributed by atoms with Crippen LogP contribution >= 0.6 is 0 Å². The molecule has 2 N–H and O–H groups in total. The van der Waals surface area contributed by atoms with Crippen LogP contribution < -0.4 is 0 Å². The molecule has 2 aromatic carbocycles. The van der Waals surface area contributed by atoms with Crippen molar-refractivity contribution in [3.8, 4) is 22.9 Å². The summed E-state index contributed by atoms with van der Waals surface area (Å²) in [5, 5.41) is 28.8. The van der Waals surface area contributed by atoms with Crippen LogP contribution in [-0.2, 0) is 15.9 Å². The number of phenolic OH excluding ortho intramolecular Hbond substituents is 1. The molecule has 7 nitrogen and oxygen atoms in total. The van der Waals surface area contributed by atoms with Gasteiger partial charge in [0.05, 0.1) is 11.1 Å². The number of para-hydroxylation sites is 1. The summed E-state index contributed by atoms with van der Waals surface area (Å²) < 4.78 is 12.6. The first-order valence-corrected chi connectivity index (χ1v) is 8.86. The van der Waals surface area contributed by atoms with Gasteiger partial charge in [0.15, 0.2) is 0 Å². The molecule has 1 aromatic heterocycles. The van der Waals surface area contributed by atoms with E-state index < -0.39 is 12.2 Å². The van der Waals surface area contributed by atoms with Crippen LogP contribution in [0.5, 0.6) is 5.75 Å². The number of hydrogen-bond acceptors (Lipinski definition) is 5. The molecule has 148 valence electrons. The number of carboxylic acid groups (broad SMARTS) is 1. The van der Waals surface area contributed by atoms with Crippen molar-refractivity contribution in [2.24, 2.45) is 0 Å². The van der Waals surface area contributed by atoms with Gasteiger partial charge in [-0.05, 0) is 23.8 Å². The number of phenols is 1. The van der Waals surface area contributed by atoms with Crippen LogP contribution in [0.15, 0.2) is 60.9 Å². The zero-order valence-electron chi connectivity index (χ0n) is 15.8. The van der Waals surface area contributed by atoms with Crippen LogP contribution in [0.25, 0.3) is 11.1 Å². The molecule has 0 saturated carbocycles. The molecular weight excluding hydrogens is 372 g/mol. The van der Waals surface area contributed by atoms with Gasteiger partial charge < -0.3 is 24.3 Å². The van der Waals surface area contributed by atoms with Crippen molar-refractivity contribution >= 4 is 5.97 Å². The molecule has 1 atom stereocenters. The zero-order chi connectivity index (χ0) is 20.8. The minimum atomic E-state index is -0.986. The molecule has 1 heterocycles. The van der Waals surface area contributed by atoms with Crippen LogP contribution in [0.3, 0.4) is 0 Å². The monoisotopic (exact) mass is 392 g/mol. The summed E-state index contributed by atoms with van der Waals surface area (Å²) in [6.07, 6.45) is 3.35. The van der Waals surface area contributed by atoms with E-state index in [1.165, 1.54) is 19.2 Å². The van der Waals surface area contributed by atoms with E-state index in [1.807, 2.05) is 0 Å². The molecule has 0 bridgehead atoms. The lowest BCUT2D eigenvalue weighted by molar-refractivity contribution is -0.1000. The molecule has 0 aliphatic heterocycles. The Bertz CT molecular complexity index is 1030. The third-order valence-electron chi connectivity index (χ3n) is 4.48. The third-order valence-corrected chi connectivity index (χ3v) is 4.48.